The number of carbonyl (C=O) groups is 2. The Morgan fingerprint density at radius 1 is 1.08 bits per heavy atom. The number of fused-ring (bicyclic) bond motifs is 1. The number of methoxy groups -OCH3 is 1. The number of ether oxygens (including phenoxy) is 1. The normalized spacial score (nSPS) is 15.3. The molecule has 4 aromatic rings. The predicted octanol–water partition coefficient (Wildman–Crippen LogP) is 4.00. The number of hydrogen-bond acceptors (Lipinski definition) is 6. The molecule has 1 amide bonds. The molecule has 176 valence electrons. The first-order valence-electron chi connectivity index (χ1n) is 11.1. The molecule has 0 bridgehead atoms. The van der Waals surface area contributed by atoms with Gasteiger partial charge in [-0.2, -0.15) is 10.4 Å². The number of hydrazone groups is 1. The Kier molecular flexibility index (Phi) is 5.80. The molecule has 0 saturated heterocycles. The van der Waals surface area contributed by atoms with Gasteiger partial charge in [0.2, 0.25) is 0 Å². The fourth-order valence-corrected chi connectivity index (χ4v) is 4.36. The number of amides is 1. The molecule has 0 spiro atoms. The lowest BCUT2D eigenvalue weighted by molar-refractivity contribution is -0.128. The first-order valence-corrected chi connectivity index (χ1v) is 11.1. The highest BCUT2D eigenvalue weighted by Crippen LogP contribution is 2.41. The number of nitrogens with zero attached hydrogens (tertiary/aromatic N) is 2. The van der Waals surface area contributed by atoms with Crippen LogP contribution < -0.4 is 15.9 Å². The lowest BCUT2D eigenvalue weighted by Crippen LogP contribution is -2.35. The number of benzene rings is 3. The summed E-state index contributed by atoms with van der Waals surface area (Å²) in [4.78, 5) is 28.5. The predicted molar refractivity (Wildman–Crippen MR) is 138 cm³/mol. The summed E-state index contributed by atoms with van der Waals surface area (Å²) in [5.41, 5.74) is 12.9. The van der Waals surface area contributed by atoms with E-state index in [0.717, 1.165) is 33.3 Å². The van der Waals surface area contributed by atoms with Crippen molar-refractivity contribution in [1.29, 1.82) is 5.26 Å². The maximum atomic E-state index is 12.9. The monoisotopic (exact) mass is 475 g/mol. The molecule has 0 saturated carbocycles. The zero-order valence-electron chi connectivity index (χ0n) is 19.3. The minimum atomic E-state index is -1.33. The molecule has 2 heterocycles. The lowest BCUT2D eigenvalue weighted by Gasteiger charge is -2.09. The van der Waals surface area contributed by atoms with E-state index in [1.807, 2.05) is 78.9 Å². The Morgan fingerprint density at radius 2 is 1.75 bits per heavy atom. The van der Waals surface area contributed by atoms with Gasteiger partial charge in [0, 0.05) is 22.0 Å². The Balaban J connectivity index is 1.69. The van der Waals surface area contributed by atoms with Gasteiger partial charge in [-0.05, 0) is 29.3 Å². The molecule has 0 radical (unpaired) electrons. The second-order valence-corrected chi connectivity index (χ2v) is 8.23. The second-order valence-electron chi connectivity index (χ2n) is 8.23. The second kappa shape index (κ2) is 9.24. The van der Waals surface area contributed by atoms with Gasteiger partial charge in [0.1, 0.15) is 17.7 Å². The number of hydrogen-bond donors (Lipinski definition) is 3. The highest BCUT2D eigenvalue weighted by Gasteiger charge is 2.36. The van der Waals surface area contributed by atoms with E-state index in [4.69, 9.17) is 10.5 Å². The van der Waals surface area contributed by atoms with Crippen LogP contribution in [0, 0.1) is 17.2 Å². The smallest absolute Gasteiger partial charge is 0.258 e. The number of ketones is 1. The first-order chi connectivity index (χ1) is 17.5. The Labute approximate surface area is 206 Å². The van der Waals surface area contributed by atoms with Gasteiger partial charge in [0.15, 0.2) is 11.7 Å². The number of Topliss-reactive ketones (excluding diaryl/α,β-unsaturated/α-hetero) is 1. The molecule has 8 heteroatoms. The molecule has 1 aliphatic heterocycles. The van der Waals surface area contributed by atoms with Crippen LogP contribution in [-0.2, 0) is 9.59 Å². The third kappa shape index (κ3) is 3.89. The van der Waals surface area contributed by atoms with Crippen LogP contribution >= 0.6 is 0 Å². The van der Waals surface area contributed by atoms with E-state index in [9.17, 15) is 14.9 Å². The van der Waals surface area contributed by atoms with Crippen LogP contribution in [-0.4, -0.2) is 29.6 Å². The zero-order valence-corrected chi connectivity index (χ0v) is 19.3. The number of amidine groups is 1. The minimum Gasteiger partial charge on any atom is -0.496 e. The summed E-state index contributed by atoms with van der Waals surface area (Å²) in [6.07, 6.45) is 1.41. The van der Waals surface area contributed by atoms with E-state index >= 15 is 0 Å². The standard InChI is InChI=1S/C28H21N5O3/c1-36-22-14-20-21(13-18(22)12-19(15-29)26(34)24-27(30)32-33-28(24)35)31-25(17-10-6-3-7-11-17)23(20)16-8-4-2-5-9-16/h2-14,24,31H,1H3,(H2,30,32)(H,33,35)/b19-12+. The van der Waals surface area contributed by atoms with Crippen molar-refractivity contribution in [1.82, 2.24) is 10.4 Å². The van der Waals surface area contributed by atoms with Crippen molar-refractivity contribution in [2.45, 2.75) is 0 Å². The Morgan fingerprint density at radius 3 is 2.33 bits per heavy atom. The first kappa shape index (κ1) is 22.6. The van der Waals surface area contributed by atoms with Crippen molar-refractivity contribution in [3.05, 3.63) is 83.9 Å². The number of aromatic amines is 1. The molecule has 1 aliphatic rings. The number of nitrogens with one attached hydrogen (secondary N) is 2. The van der Waals surface area contributed by atoms with Gasteiger partial charge in [-0.15, -0.1) is 0 Å². The number of H-pyrrole nitrogens is 1. The van der Waals surface area contributed by atoms with Crippen LogP contribution in [0.3, 0.4) is 0 Å². The van der Waals surface area contributed by atoms with Crippen LogP contribution in [0.4, 0.5) is 0 Å². The molecule has 1 aromatic heterocycles. The zero-order chi connectivity index (χ0) is 25.2. The summed E-state index contributed by atoms with van der Waals surface area (Å²) >= 11 is 0. The maximum absolute atomic E-state index is 12.9. The van der Waals surface area contributed by atoms with E-state index in [2.05, 4.69) is 15.5 Å². The number of nitriles is 1. The Hall–Kier alpha value is -5.16. The van der Waals surface area contributed by atoms with Crippen molar-refractivity contribution in [3.63, 3.8) is 0 Å². The van der Waals surface area contributed by atoms with Gasteiger partial charge in [-0.1, -0.05) is 60.7 Å². The average molecular weight is 476 g/mol. The van der Waals surface area contributed by atoms with E-state index in [1.54, 1.807) is 0 Å². The quantitative estimate of drug-likeness (QED) is 0.220. The third-order valence-corrected chi connectivity index (χ3v) is 6.07. The maximum Gasteiger partial charge on any atom is 0.258 e. The number of aromatic nitrogens is 1. The molecule has 0 aliphatic carbocycles. The van der Waals surface area contributed by atoms with Crippen LogP contribution in [0.1, 0.15) is 5.56 Å². The molecule has 4 N–H and O–H groups in total. The number of carbonyl (C=O) groups excluding carboxylic acids is 2. The van der Waals surface area contributed by atoms with E-state index < -0.39 is 17.6 Å². The average Bonchev–Trinajstić information content (AvgIpc) is 3.45. The summed E-state index contributed by atoms with van der Waals surface area (Å²) in [5.74, 6) is -2.41. The largest absolute Gasteiger partial charge is 0.496 e. The highest BCUT2D eigenvalue weighted by molar-refractivity contribution is 6.27. The SMILES string of the molecule is COc1cc2c(-c3ccccc3)c(-c3ccccc3)[nH]c2cc1/C=C(\C#N)C(=O)C1C(=O)NN=C1N. The summed E-state index contributed by atoms with van der Waals surface area (Å²) in [6, 6.07) is 25.6. The molecule has 0 fully saturated rings. The number of nitrogens with two attached hydrogens (primary N) is 1. The van der Waals surface area contributed by atoms with Crippen LogP contribution in [0.15, 0.2) is 83.5 Å². The number of rotatable bonds is 6. The van der Waals surface area contributed by atoms with E-state index in [-0.39, 0.29) is 11.4 Å². The molecule has 8 nitrogen and oxygen atoms in total. The fourth-order valence-electron chi connectivity index (χ4n) is 4.36. The Bertz CT molecular complexity index is 1600. The molecule has 1 atom stereocenters. The van der Waals surface area contributed by atoms with Gasteiger partial charge in [0.25, 0.3) is 5.91 Å². The summed E-state index contributed by atoms with van der Waals surface area (Å²) in [7, 11) is 1.52. The number of allylic oxidation sites excluding steroid dienone is 1. The fraction of sp³-hybridized carbons (Fsp3) is 0.0714. The highest BCUT2D eigenvalue weighted by atomic mass is 16.5. The summed E-state index contributed by atoms with van der Waals surface area (Å²) in [5, 5.41) is 14.2. The summed E-state index contributed by atoms with van der Waals surface area (Å²) < 4.78 is 5.65. The van der Waals surface area contributed by atoms with Crippen molar-refractivity contribution in [3.8, 4) is 34.2 Å². The lowest BCUT2D eigenvalue weighted by atomic mass is 9.94. The van der Waals surface area contributed by atoms with Gasteiger partial charge in [0.05, 0.1) is 18.4 Å². The van der Waals surface area contributed by atoms with Crippen LogP contribution in [0.5, 0.6) is 5.75 Å². The van der Waals surface area contributed by atoms with Crippen molar-refractivity contribution >= 4 is 34.5 Å². The summed E-state index contributed by atoms with van der Waals surface area (Å²) in [6.45, 7) is 0. The van der Waals surface area contributed by atoms with Gasteiger partial charge >= 0.3 is 0 Å². The van der Waals surface area contributed by atoms with Crippen LogP contribution in [0.25, 0.3) is 39.4 Å². The molecular weight excluding hydrogens is 454 g/mol. The van der Waals surface area contributed by atoms with Crippen molar-refractivity contribution in [2.24, 2.45) is 16.8 Å². The van der Waals surface area contributed by atoms with Gasteiger partial charge in [-0.25, -0.2) is 5.43 Å². The minimum absolute atomic E-state index is 0.169. The van der Waals surface area contributed by atoms with E-state index in [1.165, 1.54) is 13.2 Å². The van der Waals surface area contributed by atoms with Gasteiger partial charge < -0.3 is 15.5 Å². The van der Waals surface area contributed by atoms with Crippen molar-refractivity contribution in [2.75, 3.05) is 7.11 Å². The molecular formula is C28H21N5O3. The molecule has 5 rings (SSSR count). The van der Waals surface area contributed by atoms with Crippen molar-refractivity contribution < 1.29 is 14.3 Å². The van der Waals surface area contributed by atoms with Gasteiger partial charge in [-0.3, -0.25) is 9.59 Å². The third-order valence-electron chi connectivity index (χ3n) is 6.07. The molecule has 1 unspecified atom stereocenters. The topological polar surface area (TPSA) is 133 Å². The molecule has 36 heavy (non-hydrogen) atoms. The van der Waals surface area contributed by atoms with E-state index in [0.29, 0.717) is 11.3 Å². The molecule has 3 aromatic carbocycles. The van der Waals surface area contributed by atoms with Crippen LogP contribution in [0.2, 0.25) is 0 Å².